The summed E-state index contributed by atoms with van der Waals surface area (Å²) in [6, 6.07) is 0. The summed E-state index contributed by atoms with van der Waals surface area (Å²) in [5.74, 6) is 0.436. The molecule has 0 saturated heterocycles. The molecule has 0 aliphatic heterocycles. The lowest BCUT2D eigenvalue weighted by atomic mass is 10.0. The number of amides is 1. The number of hydrogen-bond acceptors (Lipinski definition) is 6. The molecule has 0 aromatic carbocycles. The molecule has 1 heterocycles. The maximum Gasteiger partial charge on any atom is 0.220 e. The van der Waals surface area contributed by atoms with Crippen LogP contribution in [0.3, 0.4) is 0 Å². The van der Waals surface area contributed by atoms with E-state index in [1.54, 1.807) is 10.9 Å². The Labute approximate surface area is 155 Å². The van der Waals surface area contributed by atoms with Crippen LogP contribution in [0.15, 0.2) is 6.20 Å². The van der Waals surface area contributed by atoms with Gasteiger partial charge >= 0.3 is 0 Å². The summed E-state index contributed by atoms with van der Waals surface area (Å²) in [6.07, 6.45) is 2.25. The maximum atomic E-state index is 11.7. The third kappa shape index (κ3) is 10.2. The van der Waals surface area contributed by atoms with Crippen molar-refractivity contribution in [3.8, 4) is 0 Å². The predicted octanol–water partition coefficient (Wildman–Crippen LogP) is 1.59. The molecule has 1 aromatic heterocycles. The van der Waals surface area contributed by atoms with Gasteiger partial charge in [0.05, 0.1) is 39.1 Å². The van der Waals surface area contributed by atoms with Gasteiger partial charge in [0.2, 0.25) is 5.91 Å². The van der Waals surface area contributed by atoms with Crippen molar-refractivity contribution in [1.29, 1.82) is 0 Å². The zero-order valence-electron chi connectivity index (χ0n) is 16.4. The molecule has 0 bridgehead atoms. The topological polar surface area (TPSA) is 95.3 Å². The summed E-state index contributed by atoms with van der Waals surface area (Å²) >= 11 is 0. The van der Waals surface area contributed by atoms with Gasteiger partial charge in [-0.25, -0.2) is 4.68 Å². The number of nitrogens with zero attached hydrogens (tertiary/aromatic N) is 3. The number of rotatable bonds is 14. The molecule has 1 aromatic rings. The van der Waals surface area contributed by atoms with Gasteiger partial charge in [-0.15, -0.1) is 5.10 Å². The van der Waals surface area contributed by atoms with E-state index in [1.165, 1.54) is 0 Å². The van der Waals surface area contributed by atoms with E-state index < -0.39 is 0 Å². The number of nitrogens with one attached hydrogen (secondary N) is 1. The molecule has 148 valence electrons. The van der Waals surface area contributed by atoms with Crippen molar-refractivity contribution in [3.05, 3.63) is 11.9 Å². The van der Waals surface area contributed by atoms with Crippen molar-refractivity contribution in [3.63, 3.8) is 0 Å². The fourth-order valence-electron chi connectivity index (χ4n) is 2.03. The molecular weight excluding hydrogens is 336 g/mol. The van der Waals surface area contributed by atoms with Crippen LogP contribution in [0.5, 0.6) is 0 Å². The predicted molar refractivity (Wildman–Crippen MR) is 97.4 cm³/mol. The first kappa shape index (κ1) is 22.2. The van der Waals surface area contributed by atoms with Crippen LogP contribution in [-0.2, 0) is 32.2 Å². The molecule has 0 radical (unpaired) electrons. The van der Waals surface area contributed by atoms with Crippen LogP contribution in [-0.4, -0.2) is 53.1 Å². The fourth-order valence-corrected chi connectivity index (χ4v) is 2.03. The standard InChI is InChI=1S/C18H32N4O4/c1-14(2)13-26-10-9-25-8-7-22-12-16(20-21-22)11-19-18(24)6-5-17(23)15(3)4/h12,14-15H,5-11,13H2,1-4H3,(H,19,24). The molecule has 0 aliphatic rings. The molecule has 26 heavy (non-hydrogen) atoms. The van der Waals surface area contributed by atoms with Crippen molar-refractivity contribution >= 4 is 11.7 Å². The average molecular weight is 368 g/mol. The Hall–Kier alpha value is -1.80. The molecule has 0 atom stereocenters. The zero-order chi connectivity index (χ0) is 19.4. The van der Waals surface area contributed by atoms with Gasteiger partial charge in [-0.2, -0.15) is 0 Å². The van der Waals surface area contributed by atoms with E-state index in [0.717, 1.165) is 6.61 Å². The molecule has 0 spiro atoms. The first-order chi connectivity index (χ1) is 12.4. The third-order valence-electron chi connectivity index (χ3n) is 3.58. The van der Waals surface area contributed by atoms with Gasteiger partial charge in [-0.3, -0.25) is 9.59 Å². The summed E-state index contributed by atoms with van der Waals surface area (Å²) < 4.78 is 12.6. The zero-order valence-corrected chi connectivity index (χ0v) is 16.4. The number of Topliss-reactive ketones (excluding diaryl/α,β-unsaturated/α-hetero) is 1. The summed E-state index contributed by atoms with van der Waals surface area (Å²) in [5, 5.41) is 10.8. The lowest BCUT2D eigenvalue weighted by Gasteiger charge is -2.07. The van der Waals surface area contributed by atoms with E-state index >= 15 is 0 Å². The molecule has 1 N–H and O–H groups in total. The van der Waals surface area contributed by atoms with Crippen LogP contribution >= 0.6 is 0 Å². The SMILES string of the molecule is CC(C)COCCOCCn1cc(CNC(=O)CCC(=O)C(C)C)nn1. The minimum Gasteiger partial charge on any atom is -0.379 e. The molecular formula is C18H32N4O4. The van der Waals surface area contributed by atoms with Gasteiger partial charge in [0.15, 0.2) is 0 Å². The van der Waals surface area contributed by atoms with Gasteiger partial charge in [0.25, 0.3) is 0 Å². The van der Waals surface area contributed by atoms with Crippen molar-refractivity contribution < 1.29 is 19.1 Å². The van der Waals surface area contributed by atoms with Crippen molar-refractivity contribution in [1.82, 2.24) is 20.3 Å². The summed E-state index contributed by atoms with van der Waals surface area (Å²) in [7, 11) is 0. The molecule has 0 fully saturated rings. The second-order valence-corrected chi connectivity index (χ2v) is 6.95. The second kappa shape index (κ2) is 12.5. The summed E-state index contributed by atoms with van der Waals surface area (Å²) in [4.78, 5) is 23.3. The highest BCUT2D eigenvalue weighted by Gasteiger charge is 2.10. The first-order valence-electron chi connectivity index (χ1n) is 9.22. The van der Waals surface area contributed by atoms with Crippen molar-refractivity contribution in [2.24, 2.45) is 11.8 Å². The highest BCUT2D eigenvalue weighted by atomic mass is 16.5. The van der Waals surface area contributed by atoms with Gasteiger partial charge in [0, 0.05) is 25.4 Å². The molecule has 0 unspecified atom stereocenters. The largest absolute Gasteiger partial charge is 0.379 e. The molecule has 1 amide bonds. The summed E-state index contributed by atoms with van der Waals surface area (Å²) in [6.45, 7) is 11.2. The average Bonchev–Trinajstić information content (AvgIpc) is 3.04. The smallest absolute Gasteiger partial charge is 0.220 e. The van der Waals surface area contributed by atoms with Crippen LogP contribution in [0.4, 0.5) is 0 Å². The van der Waals surface area contributed by atoms with Crippen LogP contribution in [0.1, 0.15) is 46.2 Å². The first-order valence-corrected chi connectivity index (χ1v) is 9.22. The number of carbonyl (C=O) groups is 2. The van der Waals surface area contributed by atoms with Crippen LogP contribution in [0.25, 0.3) is 0 Å². The normalized spacial score (nSPS) is 11.3. The Balaban J connectivity index is 2.13. The van der Waals surface area contributed by atoms with Gasteiger partial charge < -0.3 is 14.8 Å². The Kier molecular flexibility index (Phi) is 10.7. The molecule has 8 heteroatoms. The van der Waals surface area contributed by atoms with E-state index in [1.807, 2.05) is 13.8 Å². The van der Waals surface area contributed by atoms with Gasteiger partial charge in [-0.1, -0.05) is 32.9 Å². The fraction of sp³-hybridized carbons (Fsp3) is 0.778. The monoisotopic (exact) mass is 368 g/mol. The van der Waals surface area contributed by atoms with E-state index in [2.05, 4.69) is 29.5 Å². The van der Waals surface area contributed by atoms with Gasteiger partial charge in [-0.05, 0) is 5.92 Å². The lowest BCUT2D eigenvalue weighted by molar-refractivity contribution is -0.126. The minimum atomic E-state index is -0.154. The second-order valence-electron chi connectivity index (χ2n) is 6.95. The van der Waals surface area contributed by atoms with E-state index in [-0.39, 0.29) is 30.4 Å². The number of ether oxygens (including phenoxy) is 2. The Morgan fingerprint density at radius 1 is 1.12 bits per heavy atom. The summed E-state index contributed by atoms with van der Waals surface area (Å²) in [5.41, 5.74) is 0.675. The van der Waals surface area contributed by atoms with Crippen LogP contribution < -0.4 is 5.32 Å². The van der Waals surface area contributed by atoms with Crippen LogP contribution in [0.2, 0.25) is 0 Å². The number of hydrogen-bond donors (Lipinski definition) is 1. The maximum absolute atomic E-state index is 11.7. The molecule has 0 aliphatic carbocycles. The van der Waals surface area contributed by atoms with E-state index in [9.17, 15) is 9.59 Å². The number of aromatic nitrogens is 3. The van der Waals surface area contributed by atoms with Crippen molar-refractivity contribution in [2.75, 3.05) is 26.4 Å². The Morgan fingerprint density at radius 3 is 2.54 bits per heavy atom. The number of ketones is 1. The van der Waals surface area contributed by atoms with E-state index in [4.69, 9.17) is 9.47 Å². The Bertz CT molecular complexity index is 543. The quantitative estimate of drug-likeness (QED) is 0.501. The number of carbonyl (C=O) groups excluding carboxylic acids is 2. The highest BCUT2D eigenvalue weighted by Crippen LogP contribution is 2.02. The van der Waals surface area contributed by atoms with Gasteiger partial charge in [0.1, 0.15) is 11.5 Å². The minimum absolute atomic E-state index is 0.0355. The molecule has 0 saturated carbocycles. The van der Waals surface area contributed by atoms with Crippen molar-refractivity contribution in [2.45, 2.75) is 53.6 Å². The van der Waals surface area contributed by atoms with E-state index in [0.29, 0.717) is 44.5 Å². The highest BCUT2D eigenvalue weighted by molar-refractivity contribution is 5.85. The third-order valence-corrected chi connectivity index (χ3v) is 3.58. The molecule has 1 rings (SSSR count). The lowest BCUT2D eigenvalue weighted by Crippen LogP contribution is -2.24. The van der Waals surface area contributed by atoms with Crippen LogP contribution in [0, 0.1) is 11.8 Å². The Morgan fingerprint density at radius 2 is 1.85 bits per heavy atom. The molecule has 8 nitrogen and oxygen atoms in total.